The summed E-state index contributed by atoms with van der Waals surface area (Å²) in [5, 5.41) is 4.28. The van der Waals surface area contributed by atoms with E-state index in [0.29, 0.717) is 6.04 Å². The van der Waals surface area contributed by atoms with E-state index in [2.05, 4.69) is 14.7 Å². The molecule has 1 unspecified atom stereocenters. The third kappa shape index (κ3) is 2.65. The quantitative estimate of drug-likeness (QED) is 0.808. The fourth-order valence-corrected chi connectivity index (χ4v) is 1.81. The Labute approximate surface area is 87.9 Å². The van der Waals surface area contributed by atoms with Gasteiger partial charge in [0.1, 0.15) is 5.82 Å². The number of hydrogen-bond acceptors (Lipinski definition) is 5. The van der Waals surface area contributed by atoms with E-state index in [1.165, 1.54) is 24.4 Å². The largest absolute Gasteiger partial charge is 0.381 e. The van der Waals surface area contributed by atoms with Crippen LogP contribution in [0.2, 0.25) is 0 Å². The lowest BCUT2D eigenvalue weighted by atomic mass is 10.3. The Balaban J connectivity index is 1.88. The minimum absolute atomic E-state index is 0.193. The molecule has 78 valence electrons. The predicted octanol–water partition coefficient (Wildman–Crippen LogP) is 1.69. The third-order valence-electron chi connectivity index (χ3n) is 2.25. The number of hydrogen-bond donors (Lipinski definition) is 1. The lowest BCUT2D eigenvalue weighted by Gasteiger charge is -2.04. The van der Waals surface area contributed by atoms with Gasteiger partial charge in [-0.15, -0.1) is 0 Å². The maximum atomic E-state index is 5.16. The second-order valence-corrected chi connectivity index (χ2v) is 4.44. The lowest BCUT2D eigenvalue weighted by molar-refractivity contribution is 0.117. The van der Waals surface area contributed by atoms with Crippen molar-refractivity contribution in [3.63, 3.8) is 0 Å². The van der Waals surface area contributed by atoms with Gasteiger partial charge < -0.3 is 10.1 Å². The molecule has 1 aromatic rings. The fourth-order valence-electron chi connectivity index (χ4n) is 1.14. The van der Waals surface area contributed by atoms with Crippen LogP contribution < -0.4 is 5.32 Å². The molecular weight excluding hydrogens is 198 g/mol. The Bertz CT molecular complexity index is 298. The van der Waals surface area contributed by atoms with Crippen molar-refractivity contribution in [3.05, 3.63) is 5.82 Å². The SMILES string of the molecule is COC(C)Cc1nsc(NC2CC2)n1. The zero-order chi connectivity index (χ0) is 9.97. The van der Waals surface area contributed by atoms with Crippen LogP contribution in [0.25, 0.3) is 0 Å². The highest BCUT2D eigenvalue weighted by atomic mass is 32.1. The molecule has 0 radical (unpaired) electrons. The minimum Gasteiger partial charge on any atom is -0.381 e. The van der Waals surface area contributed by atoms with Crippen LogP contribution in [0.1, 0.15) is 25.6 Å². The van der Waals surface area contributed by atoms with Crippen molar-refractivity contribution in [2.75, 3.05) is 12.4 Å². The molecule has 0 amide bonds. The van der Waals surface area contributed by atoms with Gasteiger partial charge in [0.2, 0.25) is 5.13 Å². The standard InChI is InChI=1S/C9H15N3OS/c1-6(13-2)5-8-11-9(14-12-8)10-7-3-4-7/h6-7H,3-5H2,1-2H3,(H,10,11,12). The lowest BCUT2D eigenvalue weighted by Crippen LogP contribution is -2.09. The van der Waals surface area contributed by atoms with Gasteiger partial charge in [-0.05, 0) is 19.8 Å². The molecule has 0 aliphatic heterocycles. The minimum atomic E-state index is 0.193. The summed E-state index contributed by atoms with van der Waals surface area (Å²) in [5.74, 6) is 0.882. The van der Waals surface area contributed by atoms with Crippen LogP contribution in [0.4, 0.5) is 5.13 Å². The van der Waals surface area contributed by atoms with Crippen molar-refractivity contribution >= 4 is 16.7 Å². The monoisotopic (exact) mass is 213 g/mol. The van der Waals surface area contributed by atoms with Crippen molar-refractivity contribution in [3.8, 4) is 0 Å². The highest BCUT2D eigenvalue weighted by Gasteiger charge is 2.22. The summed E-state index contributed by atoms with van der Waals surface area (Å²) in [4.78, 5) is 4.39. The van der Waals surface area contributed by atoms with Crippen LogP contribution in [0, 0.1) is 0 Å². The first-order chi connectivity index (χ1) is 6.78. The number of nitrogens with one attached hydrogen (secondary N) is 1. The van der Waals surface area contributed by atoms with Crippen molar-refractivity contribution in [1.29, 1.82) is 0 Å². The second-order valence-electron chi connectivity index (χ2n) is 3.68. The summed E-state index contributed by atoms with van der Waals surface area (Å²) in [6.07, 6.45) is 3.52. The first-order valence-electron chi connectivity index (χ1n) is 4.90. The Morgan fingerprint density at radius 1 is 1.64 bits per heavy atom. The Hall–Kier alpha value is -0.680. The molecule has 0 spiro atoms. The van der Waals surface area contributed by atoms with E-state index in [1.807, 2.05) is 6.92 Å². The number of rotatable bonds is 5. The Morgan fingerprint density at radius 3 is 3.07 bits per heavy atom. The molecular formula is C9H15N3OS. The Morgan fingerprint density at radius 2 is 2.43 bits per heavy atom. The molecule has 1 aliphatic carbocycles. The molecule has 5 heteroatoms. The Kier molecular flexibility index (Phi) is 2.98. The van der Waals surface area contributed by atoms with Crippen molar-refractivity contribution in [1.82, 2.24) is 9.36 Å². The summed E-state index contributed by atoms with van der Waals surface area (Å²) in [6, 6.07) is 0.649. The molecule has 1 fully saturated rings. The van der Waals surface area contributed by atoms with Gasteiger partial charge in [0, 0.05) is 31.1 Å². The van der Waals surface area contributed by atoms with Gasteiger partial charge in [0.15, 0.2) is 0 Å². The summed E-state index contributed by atoms with van der Waals surface area (Å²) < 4.78 is 9.43. The maximum absolute atomic E-state index is 5.16. The molecule has 0 aromatic carbocycles. The number of methoxy groups -OCH3 is 1. The average molecular weight is 213 g/mol. The van der Waals surface area contributed by atoms with Gasteiger partial charge in [0.25, 0.3) is 0 Å². The molecule has 1 atom stereocenters. The molecule has 1 heterocycles. The maximum Gasteiger partial charge on any atom is 0.202 e. The smallest absolute Gasteiger partial charge is 0.202 e. The van der Waals surface area contributed by atoms with E-state index in [-0.39, 0.29) is 6.10 Å². The average Bonchev–Trinajstić information content (AvgIpc) is 2.87. The second kappa shape index (κ2) is 4.23. The van der Waals surface area contributed by atoms with E-state index in [4.69, 9.17) is 4.74 Å². The number of nitrogens with zero attached hydrogens (tertiary/aromatic N) is 2. The van der Waals surface area contributed by atoms with Crippen LogP contribution in [0.15, 0.2) is 0 Å². The van der Waals surface area contributed by atoms with Crippen LogP contribution in [0.3, 0.4) is 0 Å². The molecule has 2 rings (SSSR count). The topological polar surface area (TPSA) is 47.0 Å². The summed E-state index contributed by atoms with van der Waals surface area (Å²) in [7, 11) is 1.71. The molecule has 1 aromatic heterocycles. The predicted molar refractivity (Wildman–Crippen MR) is 56.7 cm³/mol. The van der Waals surface area contributed by atoms with Crippen molar-refractivity contribution in [2.24, 2.45) is 0 Å². The van der Waals surface area contributed by atoms with Gasteiger partial charge in [-0.3, -0.25) is 0 Å². The fraction of sp³-hybridized carbons (Fsp3) is 0.778. The molecule has 1 N–H and O–H groups in total. The van der Waals surface area contributed by atoms with Crippen LogP contribution in [-0.2, 0) is 11.2 Å². The molecule has 1 saturated carbocycles. The zero-order valence-corrected chi connectivity index (χ0v) is 9.30. The normalized spacial score (nSPS) is 18.1. The van der Waals surface area contributed by atoms with E-state index in [9.17, 15) is 0 Å². The highest BCUT2D eigenvalue weighted by molar-refractivity contribution is 7.09. The van der Waals surface area contributed by atoms with E-state index in [1.54, 1.807) is 7.11 Å². The van der Waals surface area contributed by atoms with Gasteiger partial charge in [-0.25, -0.2) is 4.98 Å². The molecule has 1 aliphatic rings. The van der Waals surface area contributed by atoms with Crippen molar-refractivity contribution < 1.29 is 4.74 Å². The number of aromatic nitrogens is 2. The molecule has 4 nitrogen and oxygen atoms in total. The molecule has 0 bridgehead atoms. The van der Waals surface area contributed by atoms with E-state index < -0.39 is 0 Å². The number of anilines is 1. The summed E-state index contributed by atoms with van der Waals surface area (Å²) in [6.45, 7) is 2.02. The van der Waals surface area contributed by atoms with Crippen LogP contribution in [0.5, 0.6) is 0 Å². The summed E-state index contributed by atoms with van der Waals surface area (Å²) in [5.41, 5.74) is 0. The van der Waals surface area contributed by atoms with Crippen LogP contribution in [-0.4, -0.2) is 28.6 Å². The summed E-state index contributed by atoms with van der Waals surface area (Å²) >= 11 is 1.44. The van der Waals surface area contributed by atoms with E-state index >= 15 is 0 Å². The van der Waals surface area contributed by atoms with Gasteiger partial charge >= 0.3 is 0 Å². The van der Waals surface area contributed by atoms with Gasteiger partial charge in [-0.1, -0.05) is 0 Å². The zero-order valence-electron chi connectivity index (χ0n) is 8.49. The molecule has 0 saturated heterocycles. The van der Waals surface area contributed by atoms with Gasteiger partial charge in [-0.2, -0.15) is 4.37 Å². The first-order valence-corrected chi connectivity index (χ1v) is 5.67. The van der Waals surface area contributed by atoms with Crippen LogP contribution >= 0.6 is 11.5 Å². The molecule has 14 heavy (non-hydrogen) atoms. The third-order valence-corrected chi connectivity index (χ3v) is 2.93. The van der Waals surface area contributed by atoms with E-state index in [0.717, 1.165) is 17.4 Å². The van der Waals surface area contributed by atoms with Gasteiger partial charge in [0.05, 0.1) is 6.10 Å². The first kappa shape index (κ1) is 9.86. The van der Waals surface area contributed by atoms with Crippen molar-refractivity contribution in [2.45, 2.75) is 38.3 Å². The number of ether oxygens (including phenoxy) is 1. The highest BCUT2D eigenvalue weighted by Crippen LogP contribution is 2.25.